The highest BCUT2D eigenvalue weighted by Gasteiger charge is 2.27. The Morgan fingerprint density at radius 3 is 2.70 bits per heavy atom. The summed E-state index contributed by atoms with van der Waals surface area (Å²) in [6.45, 7) is 11.4. The lowest BCUT2D eigenvalue weighted by molar-refractivity contribution is 0.169. The SMILES string of the molecule is C=C(C)C[C@@H](c1c(Cl)ccc(C)c1F)N1CCNCC1. The van der Waals surface area contributed by atoms with Gasteiger partial charge in [0.15, 0.2) is 0 Å². The second kappa shape index (κ2) is 6.70. The standard InChI is InChI=1S/C16H22ClFN2/c1-11(2)10-14(20-8-6-19-7-9-20)15-13(17)5-4-12(3)16(15)18/h4-5,14,19H,1,6-10H2,2-3H3/t14-/m0/s1. The van der Waals surface area contributed by atoms with Crippen molar-refractivity contribution in [2.24, 2.45) is 0 Å². The second-order valence-corrected chi connectivity index (χ2v) is 5.96. The zero-order valence-corrected chi connectivity index (χ0v) is 12.9. The van der Waals surface area contributed by atoms with E-state index in [1.807, 2.05) is 6.92 Å². The van der Waals surface area contributed by atoms with Gasteiger partial charge in [0.2, 0.25) is 0 Å². The van der Waals surface area contributed by atoms with Gasteiger partial charge in [-0.3, -0.25) is 4.90 Å². The molecule has 1 saturated heterocycles. The Bertz CT molecular complexity index is 495. The number of halogens is 2. The van der Waals surface area contributed by atoms with Gasteiger partial charge in [0.05, 0.1) is 0 Å². The zero-order valence-electron chi connectivity index (χ0n) is 12.2. The van der Waals surface area contributed by atoms with Crippen LogP contribution in [-0.4, -0.2) is 31.1 Å². The molecule has 0 unspecified atom stereocenters. The first-order chi connectivity index (χ1) is 9.50. The predicted molar refractivity (Wildman–Crippen MR) is 82.8 cm³/mol. The van der Waals surface area contributed by atoms with Gasteiger partial charge in [-0.1, -0.05) is 23.2 Å². The van der Waals surface area contributed by atoms with E-state index in [4.69, 9.17) is 11.6 Å². The maximum absolute atomic E-state index is 14.6. The van der Waals surface area contributed by atoms with Gasteiger partial charge in [0, 0.05) is 42.8 Å². The molecule has 0 aromatic heterocycles. The lowest BCUT2D eigenvalue weighted by Gasteiger charge is -2.36. The van der Waals surface area contributed by atoms with Crippen LogP contribution in [0.25, 0.3) is 0 Å². The molecule has 1 aliphatic heterocycles. The molecule has 2 nitrogen and oxygen atoms in total. The van der Waals surface area contributed by atoms with Crippen LogP contribution in [0.5, 0.6) is 0 Å². The van der Waals surface area contributed by atoms with E-state index in [1.165, 1.54) is 0 Å². The Hall–Kier alpha value is -0.900. The molecular weight excluding hydrogens is 275 g/mol. The highest BCUT2D eigenvalue weighted by Crippen LogP contribution is 2.35. The summed E-state index contributed by atoms with van der Waals surface area (Å²) in [5.41, 5.74) is 2.31. The molecule has 110 valence electrons. The average molecular weight is 297 g/mol. The first kappa shape index (κ1) is 15.5. The van der Waals surface area contributed by atoms with E-state index in [9.17, 15) is 4.39 Å². The Morgan fingerprint density at radius 2 is 2.10 bits per heavy atom. The molecule has 0 radical (unpaired) electrons. The number of nitrogens with one attached hydrogen (secondary N) is 1. The molecule has 1 N–H and O–H groups in total. The van der Waals surface area contributed by atoms with Crippen LogP contribution in [-0.2, 0) is 0 Å². The molecule has 1 aliphatic rings. The van der Waals surface area contributed by atoms with Crippen molar-refractivity contribution < 1.29 is 4.39 Å². The summed E-state index contributed by atoms with van der Waals surface area (Å²) >= 11 is 6.29. The van der Waals surface area contributed by atoms with Gasteiger partial charge in [0.1, 0.15) is 5.82 Å². The zero-order chi connectivity index (χ0) is 14.7. The van der Waals surface area contributed by atoms with Crippen molar-refractivity contribution in [2.45, 2.75) is 26.3 Å². The monoisotopic (exact) mass is 296 g/mol. The summed E-state index contributed by atoms with van der Waals surface area (Å²) < 4.78 is 14.6. The molecule has 2 rings (SSSR count). The van der Waals surface area contributed by atoms with Crippen LogP contribution >= 0.6 is 11.6 Å². The maximum Gasteiger partial charge on any atom is 0.132 e. The van der Waals surface area contributed by atoms with Gasteiger partial charge in [-0.05, 0) is 31.9 Å². The van der Waals surface area contributed by atoms with Crippen molar-refractivity contribution in [3.63, 3.8) is 0 Å². The fourth-order valence-corrected chi connectivity index (χ4v) is 2.99. The second-order valence-electron chi connectivity index (χ2n) is 5.55. The molecule has 1 aromatic rings. The molecule has 0 aliphatic carbocycles. The summed E-state index contributed by atoms with van der Waals surface area (Å²) in [5.74, 6) is -0.178. The largest absolute Gasteiger partial charge is 0.314 e. The maximum atomic E-state index is 14.6. The van der Waals surface area contributed by atoms with Gasteiger partial charge >= 0.3 is 0 Å². The van der Waals surface area contributed by atoms with Gasteiger partial charge < -0.3 is 5.32 Å². The van der Waals surface area contributed by atoms with Crippen LogP contribution in [0.3, 0.4) is 0 Å². The number of piperazine rings is 1. The summed E-state index contributed by atoms with van der Waals surface area (Å²) in [4.78, 5) is 2.30. The Morgan fingerprint density at radius 1 is 1.45 bits per heavy atom. The molecule has 4 heteroatoms. The first-order valence-electron chi connectivity index (χ1n) is 7.04. The third-order valence-corrected chi connectivity index (χ3v) is 4.12. The Kier molecular flexibility index (Phi) is 5.19. The summed E-state index contributed by atoms with van der Waals surface area (Å²) in [6, 6.07) is 3.50. The van der Waals surface area contributed by atoms with Crippen molar-refractivity contribution in [2.75, 3.05) is 26.2 Å². The fraction of sp³-hybridized carbons (Fsp3) is 0.500. The summed E-state index contributed by atoms with van der Waals surface area (Å²) in [5, 5.41) is 3.84. The molecule has 1 atom stereocenters. The summed E-state index contributed by atoms with van der Waals surface area (Å²) in [7, 11) is 0. The molecule has 1 fully saturated rings. The number of aryl methyl sites for hydroxylation is 1. The lowest BCUT2D eigenvalue weighted by Crippen LogP contribution is -2.45. The molecule has 20 heavy (non-hydrogen) atoms. The first-order valence-corrected chi connectivity index (χ1v) is 7.42. The fourth-order valence-electron chi connectivity index (χ4n) is 2.72. The minimum atomic E-state index is -0.178. The number of nitrogens with zero attached hydrogens (tertiary/aromatic N) is 1. The van der Waals surface area contributed by atoms with Crippen molar-refractivity contribution >= 4 is 11.6 Å². The molecule has 1 heterocycles. The van der Waals surface area contributed by atoms with Crippen LogP contribution in [0.1, 0.15) is 30.5 Å². The lowest BCUT2D eigenvalue weighted by atomic mass is 9.95. The van der Waals surface area contributed by atoms with E-state index >= 15 is 0 Å². The highest BCUT2D eigenvalue weighted by atomic mass is 35.5. The van der Waals surface area contributed by atoms with E-state index < -0.39 is 0 Å². The molecule has 0 amide bonds. The van der Waals surface area contributed by atoms with E-state index in [1.54, 1.807) is 19.1 Å². The van der Waals surface area contributed by atoms with Crippen LogP contribution in [0.15, 0.2) is 24.3 Å². The molecule has 0 bridgehead atoms. The minimum Gasteiger partial charge on any atom is -0.314 e. The average Bonchev–Trinajstić information content (AvgIpc) is 2.43. The smallest absolute Gasteiger partial charge is 0.132 e. The van der Waals surface area contributed by atoms with Crippen LogP contribution in [0.2, 0.25) is 5.02 Å². The van der Waals surface area contributed by atoms with Crippen molar-refractivity contribution in [3.05, 3.63) is 46.3 Å². The normalized spacial score (nSPS) is 18.0. The quantitative estimate of drug-likeness (QED) is 0.852. The number of hydrogen-bond acceptors (Lipinski definition) is 2. The van der Waals surface area contributed by atoms with Gasteiger partial charge in [-0.15, -0.1) is 6.58 Å². The van der Waals surface area contributed by atoms with Crippen molar-refractivity contribution in [3.8, 4) is 0 Å². The van der Waals surface area contributed by atoms with Crippen LogP contribution < -0.4 is 5.32 Å². The molecule has 0 spiro atoms. The molecule has 0 saturated carbocycles. The van der Waals surface area contributed by atoms with Gasteiger partial charge in [-0.25, -0.2) is 4.39 Å². The van der Waals surface area contributed by atoms with Gasteiger partial charge in [-0.2, -0.15) is 0 Å². The highest BCUT2D eigenvalue weighted by molar-refractivity contribution is 6.31. The Balaban J connectivity index is 2.40. The van der Waals surface area contributed by atoms with E-state index in [0.717, 1.165) is 38.2 Å². The van der Waals surface area contributed by atoms with Crippen molar-refractivity contribution in [1.29, 1.82) is 0 Å². The minimum absolute atomic E-state index is 0.0259. The van der Waals surface area contributed by atoms with E-state index in [-0.39, 0.29) is 11.9 Å². The van der Waals surface area contributed by atoms with Gasteiger partial charge in [0.25, 0.3) is 0 Å². The third-order valence-electron chi connectivity index (χ3n) is 3.79. The van der Waals surface area contributed by atoms with Crippen LogP contribution in [0, 0.1) is 12.7 Å². The van der Waals surface area contributed by atoms with Crippen molar-refractivity contribution in [1.82, 2.24) is 10.2 Å². The summed E-state index contributed by atoms with van der Waals surface area (Å²) in [6.07, 6.45) is 0.736. The third kappa shape index (κ3) is 3.40. The van der Waals surface area contributed by atoms with Crippen LogP contribution in [0.4, 0.5) is 4.39 Å². The Labute approximate surface area is 125 Å². The van der Waals surface area contributed by atoms with E-state index in [2.05, 4.69) is 16.8 Å². The predicted octanol–water partition coefficient (Wildman–Crippen LogP) is 3.70. The molecular formula is C16H22ClFN2. The van der Waals surface area contributed by atoms with E-state index in [0.29, 0.717) is 16.1 Å². The number of hydrogen-bond donors (Lipinski definition) is 1. The number of rotatable bonds is 4. The molecule has 1 aromatic carbocycles. The topological polar surface area (TPSA) is 15.3 Å². The number of benzene rings is 1.